The summed E-state index contributed by atoms with van der Waals surface area (Å²) >= 11 is 0. The zero-order valence-electron chi connectivity index (χ0n) is 10.0. The van der Waals surface area contributed by atoms with Crippen LogP contribution < -0.4 is 16.7 Å². The molecule has 0 saturated carbocycles. The van der Waals surface area contributed by atoms with Crippen LogP contribution in [-0.2, 0) is 6.42 Å². The highest BCUT2D eigenvalue weighted by atomic mass is 14.6. The Hall–Kier alpha value is -2.22. The van der Waals surface area contributed by atoms with Crippen LogP contribution in [0.5, 0.6) is 0 Å². The van der Waals surface area contributed by atoms with E-state index in [4.69, 9.17) is 11.5 Å². The highest BCUT2D eigenvalue weighted by Gasteiger charge is 2.14. The fourth-order valence-corrected chi connectivity index (χ4v) is 3.12. The lowest BCUT2D eigenvalue weighted by Gasteiger charge is -2.17. The van der Waals surface area contributed by atoms with E-state index in [2.05, 4.69) is 30.3 Å². The Morgan fingerprint density at radius 2 is 1.61 bits per heavy atom. The minimum atomic E-state index is 0.843. The van der Waals surface area contributed by atoms with Gasteiger partial charge in [0.15, 0.2) is 0 Å². The maximum absolute atomic E-state index is 6.16. The standard InChI is InChI=1S/C16H14N2/c17-13-8-4-10-2-6-12-14(18)7-3-9-1-5-11(13)16(10)15(9)12/h1-3,5-7H,4,8,17-18H2. The maximum Gasteiger partial charge on any atom is 0.0394 e. The van der Waals surface area contributed by atoms with Crippen LogP contribution in [0.3, 0.4) is 0 Å². The predicted molar refractivity (Wildman–Crippen MR) is 77.0 cm³/mol. The summed E-state index contributed by atoms with van der Waals surface area (Å²) in [5, 5.41) is 6.16. The smallest absolute Gasteiger partial charge is 0.0394 e. The molecule has 0 unspecified atom stereocenters. The van der Waals surface area contributed by atoms with Gasteiger partial charge in [0.2, 0.25) is 0 Å². The van der Waals surface area contributed by atoms with Gasteiger partial charge >= 0.3 is 0 Å². The summed E-state index contributed by atoms with van der Waals surface area (Å²) in [4.78, 5) is 0. The molecule has 0 bridgehead atoms. The average Bonchev–Trinajstić information content (AvgIpc) is 2.40. The summed E-state index contributed by atoms with van der Waals surface area (Å²) in [6.45, 7) is 0. The number of anilines is 1. The van der Waals surface area contributed by atoms with E-state index in [1.807, 2.05) is 6.07 Å². The van der Waals surface area contributed by atoms with Crippen LogP contribution >= 0.6 is 0 Å². The fourth-order valence-electron chi connectivity index (χ4n) is 3.12. The molecule has 1 aliphatic rings. The van der Waals surface area contributed by atoms with E-state index in [0.717, 1.165) is 29.6 Å². The molecule has 88 valence electrons. The molecule has 4 rings (SSSR count). The van der Waals surface area contributed by atoms with Gasteiger partial charge in [-0.3, -0.25) is 0 Å². The fraction of sp³-hybridized carbons (Fsp3) is 0.125. The second kappa shape index (κ2) is 3.16. The van der Waals surface area contributed by atoms with E-state index >= 15 is 0 Å². The van der Waals surface area contributed by atoms with Crippen molar-refractivity contribution < 1.29 is 0 Å². The molecule has 3 aromatic rings. The van der Waals surface area contributed by atoms with Gasteiger partial charge in [-0.1, -0.05) is 30.3 Å². The third kappa shape index (κ3) is 1.07. The van der Waals surface area contributed by atoms with E-state index in [1.165, 1.54) is 26.9 Å². The van der Waals surface area contributed by atoms with Crippen LogP contribution in [0.15, 0.2) is 36.4 Å². The summed E-state index contributed by atoms with van der Waals surface area (Å²) in [6, 6.07) is 12.7. The number of aryl methyl sites for hydroxylation is 1. The first-order valence-corrected chi connectivity index (χ1v) is 6.27. The van der Waals surface area contributed by atoms with Crippen LogP contribution in [0.1, 0.15) is 12.0 Å². The molecule has 0 fully saturated rings. The Kier molecular flexibility index (Phi) is 1.72. The monoisotopic (exact) mass is 234 g/mol. The molecule has 0 aromatic heterocycles. The zero-order valence-corrected chi connectivity index (χ0v) is 10.0. The van der Waals surface area contributed by atoms with Crippen LogP contribution in [0.25, 0.3) is 27.2 Å². The second-order valence-electron chi connectivity index (χ2n) is 5.04. The molecule has 2 heteroatoms. The first-order chi connectivity index (χ1) is 8.75. The molecule has 0 amide bonds. The first kappa shape index (κ1) is 9.77. The highest BCUT2D eigenvalue weighted by molar-refractivity contribution is 6.15. The van der Waals surface area contributed by atoms with E-state index < -0.39 is 0 Å². The van der Waals surface area contributed by atoms with E-state index in [0.29, 0.717) is 0 Å². The van der Waals surface area contributed by atoms with Gasteiger partial charge in [-0.05, 0) is 40.6 Å². The van der Waals surface area contributed by atoms with Crippen molar-refractivity contribution in [2.45, 2.75) is 12.8 Å². The van der Waals surface area contributed by atoms with Crippen molar-refractivity contribution >= 4 is 32.9 Å². The molecule has 18 heavy (non-hydrogen) atoms. The lowest BCUT2D eigenvalue weighted by atomic mass is 9.88. The molecule has 0 spiro atoms. The topological polar surface area (TPSA) is 52.0 Å². The van der Waals surface area contributed by atoms with Crippen molar-refractivity contribution in [1.29, 1.82) is 0 Å². The van der Waals surface area contributed by atoms with Crippen molar-refractivity contribution in [3.05, 3.63) is 47.2 Å². The highest BCUT2D eigenvalue weighted by Crippen LogP contribution is 2.33. The molecule has 0 aliphatic heterocycles. The minimum Gasteiger partial charge on any atom is -0.402 e. The van der Waals surface area contributed by atoms with E-state index in [1.54, 1.807) is 0 Å². The molecule has 0 heterocycles. The quantitative estimate of drug-likeness (QED) is 0.586. The van der Waals surface area contributed by atoms with Crippen LogP contribution in [0.2, 0.25) is 0 Å². The summed E-state index contributed by atoms with van der Waals surface area (Å²) in [7, 11) is 0. The largest absolute Gasteiger partial charge is 0.402 e. The first-order valence-electron chi connectivity index (χ1n) is 6.27. The van der Waals surface area contributed by atoms with Gasteiger partial charge in [0.25, 0.3) is 0 Å². The Labute approximate surface area is 105 Å². The van der Waals surface area contributed by atoms with Crippen LogP contribution in [-0.4, -0.2) is 0 Å². The number of hydrogen-bond donors (Lipinski definition) is 2. The van der Waals surface area contributed by atoms with Gasteiger partial charge in [-0.15, -0.1) is 0 Å². The lowest BCUT2D eigenvalue weighted by molar-refractivity contribution is 0.990. The van der Waals surface area contributed by atoms with E-state index in [9.17, 15) is 0 Å². The minimum absolute atomic E-state index is 0.843. The Morgan fingerprint density at radius 1 is 0.778 bits per heavy atom. The number of rotatable bonds is 0. The third-order valence-electron chi connectivity index (χ3n) is 4.04. The second-order valence-corrected chi connectivity index (χ2v) is 5.04. The van der Waals surface area contributed by atoms with Crippen LogP contribution in [0, 0.1) is 0 Å². The Balaban J connectivity index is 2.43. The number of benzene rings is 3. The SMILES string of the molecule is NC1=c2ccc3ccc(N)c4ccc(c2c34)CC1. The molecule has 2 nitrogen and oxygen atoms in total. The summed E-state index contributed by atoms with van der Waals surface area (Å²) in [5.41, 5.74) is 15.5. The molecule has 3 aromatic carbocycles. The maximum atomic E-state index is 6.16. The number of hydrogen-bond acceptors (Lipinski definition) is 2. The molecule has 0 atom stereocenters. The van der Waals surface area contributed by atoms with Crippen LogP contribution in [0.4, 0.5) is 5.69 Å². The van der Waals surface area contributed by atoms with Crippen molar-refractivity contribution in [3.8, 4) is 0 Å². The van der Waals surface area contributed by atoms with Gasteiger partial charge in [0, 0.05) is 22.0 Å². The molecule has 0 saturated heterocycles. The van der Waals surface area contributed by atoms with E-state index in [-0.39, 0.29) is 0 Å². The summed E-state index contributed by atoms with van der Waals surface area (Å²) in [5.74, 6) is 0. The molecular weight excluding hydrogens is 220 g/mol. The molecular formula is C16H14N2. The average molecular weight is 234 g/mol. The van der Waals surface area contributed by atoms with Gasteiger partial charge in [-0.25, -0.2) is 0 Å². The predicted octanol–water partition coefficient (Wildman–Crippen LogP) is 2.31. The summed E-state index contributed by atoms with van der Waals surface area (Å²) < 4.78 is 0. The number of nitrogens with two attached hydrogens (primary N) is 2. The van der Waals surface area contributed by atoms with Gasteiger partial charge in [-0.2, -0.15) is 0 Å². The summed E-state index contributed by atoms with van der Waals surface area (Å²) in [6.07, 6.45) is 1.98. The zero-order chi connectivity index (χ0) is 12.3. The molecule has 1 aliphatic carbocycles. The molecule has 4 N–H and O–H groups in total. The van der Waals surface area contributed by atoms with Gasteiger partial charge in [0.1, 0.15) is 0 Å². The molecule has 0 radical (unpaired) electrons. The lowest BCUT2D eigenvalue weighted by Crippen LogP contribution is -2.19. The van der Waals surface area contributed by atoms with Crippen molar-refractivity contribution in [2.75, 3.05) is 5.73 Å². The third-order valence-corrected chi connectivity index (χ3v) is 4.04. The Morgan fingerprint density at radius 3 is 2.50 bits per heavy atom. The Bertz CT molecular complexity index is 847. The number of nitrogen functional groups attached to an aromatic ring is 1. The van der Waals surface area contributed by atoms with Crippen molar-refractivity contribution in [2.24, 2.45) is 5.73 Å². The normalized spacial score (nSPS) is 14.6. The van der Waals surface area contributed by atoms with Crippen molar-refractivity contribution in [1.82, 2.24) is 0 Å². The van der Waals surface area contributed by atoms with Gasteiger partial charge < -0.3 is 11.5 Å². The van der Waals surface area contributed by atoms with Gasteiger partial charge in [0.05, 0.1) is 0 Å². The van der Waals surface area contributed by atoms with Crippen molar-refractivity contribution in [3.63, 3.8) is 0 Å².